The summed E-state index contributed by atoms with van der Waals surface area (Å²) in [5, 5.41) is 9.23. The van der Waals surface area contributed by atoms with Crippen molar-refractivity contribution < 1.29 is 23.3 Å². The molecule has 0 saturated carbocycles. The van der Waals surface area contributed by atoms with Gasteiger partial charge in [0, 0.05) is 17.2 Å². The molecule has 0 aliphatic carbocycles. The Morgan fingerprint density at radius 1 is 1.06 bits per heavy atom. The maximum absolute atomic E-state index is 12.8. The van der Waals surface area contributed by atoms with E-state index in [4.69, 9.17) is 13.7 Å². The van der Waals surface area contributed by atoms with Crippen LogP contribution in [-0.4, -0.2) is 29.1 Å². The molecule has 2 amide bonds. The molecule has 2 N–H and O–H groups in total. The normalized spacial score (nSPS) is 11.1. The first kappa shape index (κ1) is 21.6. The zero-order chi connectivity index (χ0) is 23.0. The second kappa shape index (κ2) is 10.1. The second-order valence-corrected chi connectivity index (χ2v) is 6.82. The molecule has 0 bridgehead atoms. The van der Waals surface area contributed by atoms with E-state index < -0.39 is 11.8 Å². The van der Waals surface area contributed by atoms with Crippen LogP contribution in [0.4, 0.5) is 0 Å². The van der Waals surface area contributed by atoms with E-state index >= 15 is 0 Å². The van der Waals surface area contributed by atoms with Crippen molar-refractivity contribution in [3.05, 3.63) is 95.9 Å². The number of rotatable bonds is 8. The van der Waals surface area contributed by atoms with Crippen LogP contribution in [0.15, 0.2) is 87.6 Å². The molecule has 0 aliphatic rings. The molecule has 9 nitrogen and oxygen atoms in total. The van der Waals surface area contributed by atoms with Crippen LogP contribution in [0.3, 0.4) is 0 Å². The van der Waals surface area contributed by atoms with Crippen molar-refractivity contribution in [1.29, 1.82) is 0 Å². The van der Waals surface area contributed by atoms with E-state index in [1.165, 1.54) is 12.3 Å². The van der Waals surface area contributed by atoms with Crippen molar-refractivity contribution in [3.63, 3.8) is 0 Å². The van der Waals surface area contributed by atoms with Gasteiger partial charge in [-0.05, 0) is 36.4 Å². The van der Waals surface area contributed by atoms with Gasteiger partial charge in [0.25, 0.3) is 11.8 Å². The highest BCUT2D eigenvalue weighted by Gasteiger charge is 2.17. The minimum atomic E-state index is -0.545. The third kappa shape index (κ3) is 5.53. The van der Waals surface area contributed by atoms with Crippen molar-refractivity contribution in [3.8, 4) is 17.1 Å². The van der Waals surface area contributed by atoms with Crippen LogP contribution in [0.5, 0.6) is 5.75 Å². The number of methoxy groups -OCH3 is 1. The van der Waals surface area contributed by atoms with E-state index in [0.717, 1.165) is 0 Å². The number of aromatic nitrogens is 2. The van der Waals surface area contributed by atoms with E-state index in [1.54, 1.807) is 61.7 Å². The summed E-state index contributed by atoms with van der Waals surface area (Å²) in [7, 11) is 1.57. The lowest BCUT2D eigenvalue weighted by Crippen LogP contribution is -2.34. The fourth-order valence-electron chi connectivity index (χ4n) is 2.92. The molecule has 0 atom stereocenters. The van der Waals surface area contributed by atoms with Crippen molar-refractivity contribution in [1.82, 2.24) is 20.8 Å². The SMILES string of the molecule is COc1cccc(-c2noc(CNC(=O)/C(=C/c3ccco3)NC(=O)c3ccccc3)n2)c1. The maximum atomic E-state index is 12.8. The van der Waals surface area contributed by atoms with Crippen molar-refractivity contribution in [2.45, 2.75) is 6.54 Å². The highest BCUT2D eigenvalue weighted by Crippen LogP contribution is 2.21. The first-order valence-corrected chi connectivity index (χ1v) is 9.99. The molecule has 0 aliphatic heterocycles. The van der Waals surface area contributed by atoms with Gasteiger partial charge in [-0.15, -0.1) is 0 Å². The molecule has 0 saturated heterocycles. The maximum Gasteiger partial charge on any atom is 0.268 e. The standard InChI is InChI=1S/C24H20N4O5/c1-31-18-10-5-9-17(13-18)22-27-21(33-28-22)15-25-24(30)20(14-19-11-6-12-32-19)26-23(29)16-7-3-2-4-8-16/h2-14H,15H2,1H3,(H,25,30)(H,26,29)/b20-14-. The molecule has 4 rings (SSSR count). The summed E-state index contributed by atoms with van der Waals surface area (Å²) >= 11 is 0. The Hall–Kier alpha value is -4.66. The molecule has 2 aromatic heterocycles. The number of hydrogen-bond acceptors (Lipinski definition) is 7. The Balaban J connectivity index is 1.46. The zero-order valence-electron chi connectivity index (χ0n) is 17.6. The third-order valence-corrected chi connectivity index (χ3v) is 4.55. The fraction of sp³-hybridized carbons (Fsp3) is 0.0833. The molecule has 166 valence electrons. The Morgan fingerprint density at radius 2 is 1.91 bits per heavy atom. The van der Waals surface area contributed by atoms with Crippen LogP contribution in [-0.2, 0) is 11.3 Å². The summed E-state index contributed by atoms with van der Waals surface area (Å²) in [4.78, 5) is 29.7. The number of hydrogen-bond donors (Lipinski definition) is 2. The van der Waals surface area contributed by atoms with Gasteiger partial charge in [0.1, 0.15) is 17.2 Å². The van der Waals surface area contributed by atoms with E-state index in [9.17, 15) is 9.59 Å². The smallest absolute Gasteiger partial charge is 0.268 e. The molecule has 0 fully saturated rings. The number of benzene rings is 2. The summed E-state index contributed by atoms with van der Waals surface area (Å²) in [5.74, 6) is 0.661. The molecule has 4 aromatic rings. The van der Waals surface area contributed by atoms with E-state index in [1.807, 2.05) is 12.1 Å². The van der Waals surface area contributed by atoms with Crippen molar-refractivity contribution in [2.75, 3.05) is 7.11 Å². The van der Waals surface area contributed by atoms with Crippen LogP contribution >= 0.6 is 0 Å². The highest BCUT2D eigenvalue weighted by molar-refractivity contribution is 6.05. The minimum absolute atomic E-state index is 0.00587. The first-order valence-electron chi connectivity index (χ1n) is 9.99. The number of ether oxygens (including phenoxy) is 1. The fourth-order valence-corrected chi connectivity index (χ4v) is 2.92. The number of nitrogens with zero attached hydrogens (tertiary/aromatic N) is 2. The van der Waals surface area contributed by atoms with Gasteiger partial charge in [-0.3, -0.25) is 9.59 Å². The quantitative estimate of drug-likeness (QED) is 0.400. The molecule has 0 spiro atoms. The van der Waals surface area contributed by atoms with Gasteiger partial charge in [0.15, 0.2) is 0 Å². The van der Waals surface area contributed by atoms with Crippen LogP contribution < -0.4 is 15.4 Å². The highest BCUT2D eigenvalue weighted by atomic mass is 16.5. The lowest BCUT2D eigenvalue weighted by Gasteiger charge is -2.09. The summed E-state index contributed by atoms with van der Waals surface area (Å²) in [6, 6.07) is 19.1. The topological polar surface area (TPSA) is 119 Å². The average Bonchev–Trinajstić information content (AvgIpc) is 3.55. The molecule has 33 heavy (non-hydrogen) atoms. The first-order chi connectivity index (χ1) is 16.1. The minimum Gasteiger partial charge on any atom is -0.497 e. The average molecular weight is 444 g/mol. The number of furan rings is 1. The molecular weight excluding hydrogens is 424 g/mol. The summed E-state index contributed by atoms with van der Waals surface area (Å²) in [6.45, 7) is -0.0352. The molecule has 0 unspecified atom stereocenters. The summed E-state index contributed by atoms with van der Waals surface area (Å²) in [6.07, 6.45) is 2.91. The van der Waals surface area contributed by atoms with Gasteiger partial charge in [-0.25, -0.2) is 0 Å². The van der Waals surface area contributed by atoms with Crippen LogP contribution in [0.25, 0.3) is 17.5 Å². The Labute approximate surface area is 189 Å². The molecule has 0 radical (unpaired) electrons. The molecule has 2 heterocycles. The molecule has 2 aromatic carbocycles. The van der Waals surface area contributed by atoms with Gasteiger partial charge >= 0.3 is 0 Å². The van der Waals surface area contributed by atoms with Crippen molar-refractivity contribution >= 4 is 17.9 Å². The van der Waals surface area contributed by atoms with Gasteiger partial charge in [-0.2, -0.15) is 4.98 Å². The Kier molecular flexibility index (Phi) is 6.60. The van der Waals surface area contributed by atoms with Crippen LogP contribution in [0.2, 0.25) is 0 Å². The number of carbonyl (C=O) groups is 2. The van der Waals surface area contributed by atoms with E-state index in [0.29, 0.717) is 28.5 Å². The second-order valence-electron chi connectivity index (χ2n) is 6.82. The third-order valence-electron chi connectivity index (χ3n) is 4.55. The van der Waals surface area contributed by atoms with Gasteiger partial charge in [-0.1, -0.05) is 35.5 Å². The van der Waals surface area contributed by atoms with Gasteiger partial charge < -0.3 is 24.3 Å². The number of nitrogens with one attached hydrogen (secondary N) is 2. The predicted molar refractivity (Wildman–Crippen MR) is 119 cm³/mol. The monoisotopic (exact) mass is 444 g/mol. The lowest BCUT2D eigenvalue weighted by molar-refractivity contribution is -0.118. The predicted octanol–water partition coefficient (Wildman–Crippen LogP) is 3.43. The zero-order valence-corrected chi connectivity index (χ0v) is 17.6. The number of carbonyl (C=O) groups excluding carboxylic acids is 2. The van der Waals surface area contributed by atoms with Gasteiger partial charge in [0.05, 0.1) is 19.9 Å². The summed E-state index contributed by atoms with van der Waals surface area (Å²) < 4.78 is 15.7. The number of amides is 2. The largest absolute Gasteiger partial charge is 0.497 e. The van der Waals surface area contributed by atoms with E-state index in [-0.39, 0.29) is 18.1 Å². The Bertz CT molecular complexity index is 1260. The van der Waals surface area contributed by atoms with Crippen LogP contribution in [0.1, 0.15) is 22.0 Å². The van der Waals surface area contributed by atoms with Gasteiger partial charge in [0.2, 0.25) is 11.7 Å². The lowest BCUT2D eigenvalue weighted by atomic mass is 10.2. The van der Waals surface area contributed by atoms with Crippen LogP contribution in [0, 0.1) is 0 Å². The Morgan fingerprint density at radius 3 is 2.67 bits per heavy atom. The van der Waals surface area contributed by atoms with Crippen molar-refractivity contribution in [2.24, 2.45) is 0 Å². The summed E-state index contributed by atoms with van der Waals surface area (Å²) in [5.41, 5.74) is 1.13. The molecular formula is C24H20N4O5. The molecule has 9 heteroatoms. The van der Waals surface area contributed by atoms with E-state index in [2.05, 4.69) is 20.8 Å².